The van der Waals surface area contributed by atoms with Gasteiger partial charge in [-0.1, -0.05) is 41.9 Å². The van der Waals surface area contributed by atoms with Gasteiger partial charge in [0.15, 0.2) is 5.17 Å². The molecule has 0 bridgehead atoms. The highest BCUT2D eigenvalue weighted by molar-refractivity contribution is 8.14. The van der Waals surface area contributed by atoms with Crippen molar-refractivity contribution in [1.29, 1.82) is 0 Å². The first-order valence-electron chi connectivity index (χ1n) is 7.55. The zero-order valence-corrected chi connectivity index (χ0v) is 15.1. The van der Waals surface area contributed by atoms with Crippen LogP contribution >= 0.6 is 35.0 Å². The van der Waals surface area contributed by atoms with Gasteiger partial charge in [0.05, 0.1) is 15.7 Å². The lowest BCUT2D eigenvalue weighted by Crippen LogP contribution is -2.40. The average Bonchev–Trinajstić information content (AvgIpc) is 3.26. The smallest absolute Gasteiger partial charge is 0.239 e. The van der Waals surface area contributed by atoms with Crippen molar-refractivity contribution in [3.8, 4) is 0 Å². The number of amides is 1. The number of nitro groups is 1. The molecule has 1 saturated heterocycles. The van der Waals surface area contributed by atoms with Crippen molar-refractivity contribution in [1.82, 2.24) is 4.90 Å². The summed E-state index contributed by atoms with van der Waals surface area (Å²) in [4.78, 5) is 29.3. The lowest BCUT2D eigenvalue weighted by atomic mass is 10.2. The molecule has 9 heteroatoms. The second-order valence-electron chi connectivity index (χ2n) is 5.77. The van der Waals surface area contributed by atoms with E-state index < -0.39 is 12.0 Å². The van der Waals surface area contributed by atoms with Gasteiger partial charge < -0.3 is 0 Å². The summed E-state index contributed by atoms with van der Waals surface area (Å²) in [5, 5.41) is 12.3. The predicted molar refractivity (Wildman–Crippen MR) is 95.8 cm³/mol. The van der Waals surface area contributed by atoms with E-state index in [2.05, 4.69) is 4.99 Å². The third-order valence-corrected chi connectivity index (χ3v) is 5.99. The number of hydrogen-bond acceptors (Lipinski definition) is 5. The highest BCUT2D eigenvalue weighted by Gasteiger charge is 2.56. The molecule has 0 radical (unpaired) electrons. The van der Waals surface area contributed by atoms with E-state index in [1.165, 1.54) is 11.8 Å². The summed E-state index contributed by atoms with van der Waals surface area (Å²) in [6, 6.07) is 4.26. The maximum absolute atomic E-state index is 12.7. The van der Waals surface area contributed by atoms with Crippen LogP contribution < -0.4 is 0 Å². The van der Waals surface area contributed by atoms with E-state index in [1.54, 1.807) is 23.1 Å². The first-order chi connectivity index (χ1) is 11.4. The first kappa shape index (κ1) is 17.5. The Morgan fingerprint density at radius 2 is 2.21 bits per heavy atom. The Balaban J connectivity index is 1.86. The minimum absolute atomic E-state index is 0.0111. The Morgan fingerprint density at radius 1 is 1.46 bits per heavy atom. The van der Waals surface area contributed by atoms with E-state index in [4.69, 9.17) is 23.2 Å². The van der Waals surface area contributed by atoms with Gasteiger partial charge in [-0.05, 0) is 24.6 Å². The van der Waals surface area contributed by atoms with Crippen LogP contribution in [0.2, 0.25) is 10.0 Å². The van der Waals surface area contributed by atoms with E-state index in [0.29, 0.717) is 27.3 Å². The second-order valence-corrected chi connectivity index (χ2v) is 7.57. The van der Waals surface area contributed by atoms with E-state index in [9.17, 15) is 14.9 Å². The van der Waals surface area contributed by atoms with Crippen LogP contribution in [-0.4, -0.2) is 38.7 Å². The molecule has 3 unspecified atom stereocenters. The maximum Gasteiger partial charge on any atom is 0.239 e. The normalized spacial score (nSPS) is 27.5. The molecule has 0 spiro atoms. The fourth-order valence-electron chi connectivity index (χ4n) is 2.66. The summed E-state index contributed by atoms with van der Waals surface area (Å²) >= 11 is 13.4. The molecule has 1 aliphatic carbocycles. The average molecular weight is 388 g/mol. The minimum Gasteiger partial charge on any atom is -0.287 e. The molecular formula is C15H15Cl2N3O3S. The van der Waals surface area contributed by atoms with Gasteiger partial charge in [-0.3, -0.25) is 19.8 Å². The Hall–Kier alpha value is -1.31. The number of halogens is 2. The quantitative estimate of drug-likeness (QED) is 0.577. The summed E-state index contributed by atoms with van der Waals surface area (Å²) in [7, 11) is 0. The first-order valence-corrected chi connectivity index (χ1v) is 9.29. The van der Waals surface area contributed by atoms with Crippen molar-refractivity contribution in [2.24, 2.45) is 10.9 Å². The number of amidine groups is 1. The molecule has 1 aromatic carbocycles. The zero-order valence-electron chi connectivity index (χ0n) is 12.8. The molecule has 2 fully saturated rings. The largest absolute Gasteiger partial charge is 0.287 e. The van der Waals surface area contributed by atoms with Crippen molar-refractivity contribution in [2.75, 3.05) is 5.75 Å². The third kappa shape index (κ3) is 3.38. The van der Waals surface area contributed by atoms with Crippen LogP contribution in [0.4, 0.5) is 5.69 Å². The van der Waals surface area contributed by atoms with Gasteiger partial charge in [-0.15, -0.1) is 0 Å². The van der Waals surface area contributed by atoms with Crippen molar-refractivity contribution in [3.05, 3.63) is 38.4 Å². The Bertz CT molecular complexity index is 728. The summed E-state index contributed by atoms with van der Waals surface area (Å²) in [6.07, 6.45) is 1.08. The molecule has 24 heavy (non-hydrogen) atoms. The van der Waals surface area contributed by atoms with Gasteiger partial charge in [0.25, 0.3) is 0 Å². The number of carbonyl (C=O) groups excluding carboxylic acids is 1. The van der Waals surface area contributed by atoms with Crippen molar-refractivity contribution >= 4 is 51.7 Å². The number of aliphatic imine (C=N–C) groups is 1. The number of nitrogens with zero attached hydrogens (tertiary/aromatic N) is 3. The number of rotatable bonds is 4. The minimum atomic E-state index is -0.758. The van der Waals surface area contributed by atoms with Crippen LogP contribution in [0.25, 0.3) is 0 Å². The van der Waals surface area contributed by atoms with Crippen LogP contribution in [0.1, 0.15) is 19.8 Å². The van der Waals surface area contributed by atoms with Crippen molar-refractivity contribution < 1.29 is 9.72 Å². The van der Waals surface area contributed by atoms with E-state index in [-0.39, 0.29) is 16.9 Å². The molecule has 1 saturated carbocycles. The monoisotopic (exact) mass is 387 g/mol. The van der Waals surface area contributed by atoms with Crippen molar-refractivity contribution in [3.63, 3.8) is 0 Å². The highest BCUT2D eigenvalue weighted by Crippen LogP contribution is 2.39. The molecule has 3 atom stereocenters. The molecule has 1 aliphatic heterocycles. The molecule has 128 valence electrons. The van der Waals surface area contributed by atoms with Gasteiger partial charge in [0.1, 0.15) is 5.92 Å². The molecule has 3 rings (SSSR count). The van der Waals surface area contributed by atoms with Gasteiger partial charge in [0.2, 0.25) is 11.9 Å². The Morgan fingerprint density at radius 3 is 2.79 bits per heavy atom. The van der Waals surface area contributed by atoms with Gasteiger partial charge in [0, 0.05) is 23.1 Å². The standard InChI is InChI=1S/C15H15Cl2N3O3S/c1-2-9-7-24-15(18-8-3-4-11(16)12(17)5-8)19(9)14(21)10-6-13(10)20(22)23/h3-5,9-10,13H,2,6-7H2,1H3. The number of thioether (sulfide) groups is 1. The fraction of sp³-hybridized carbons (Fsp3) is 0.467. The van der Waals surface area contributed by atoms with E-state index in [0.717, 1.165) is 12.2 Å². The zero-order chi connectivity index (χ0) is 17.4. The second kappa shape index (κ2) is 6.90. The van der Waals surface area contributed by atoms with Crippen LogP contribution in [0.3, 0.4) is 0 Å². The summed E-state index contributed by atoms with van der Waals surface area (Å²) < 4.78 is 0. The van der Waals surface area contributed by atoms with Gasteiger partial charge >= 0.3 is 0 Å². The molecule has 0 aromatic heterocycles. The SMILES string of the molecule is CCC1CSC(=Nc2ccc(Cl)c(Cl)c2)N1C(=O)C1CC1[N+](=O)[O-]. The number of benzene rings is 1. The predicted octanol–water partition coefficient (Wildman–Crippen LogP) is 4.00. The van der Waals surface area contributed by atoms with Crippen molar-refractivity contribution in [2.45, 2.75) is 31.8 Å². The topological polar surface area (TPSA) is 75.8 Å². The lowest BCUT2D eigenvalue weighted by molar-refractivity contribution is -0.497. The molecule has 1 amide bonds. The Labute approximate surface area is 153 Å². The highest BCUT2D eigenvalue weighted by atomic mass is 35.5. The van der Waals surface area contributed by atoms with Crippen LogP contribution in [0, 0.1) is 16.0 Å². The molecule has 6 nitrogen and oxygen atoms in total. The fourth-order valence-corrected chi connectivity index (χ4v) is 4.22. The van der Waals surface area contributed by atoms with Gasteiger partial charge in [-0.2, -0.15) is 0 Å². The summed E-state index contributed by atoms with van der Waals surface area (Å²) in [6.45, 7) is 1.99. The third-order valence-electron chi connectivity index (χ3n) is 4.16. The maximum atomic E-state index is 12.7. The van der Waals surface area contributed by atoms with Crippen LogP contribution in [0.5, 0.6) is 0 Å². The summed E-state index contributed by atoms with van der Waals surface area (Å²) in [5.74, 6) is -0.00256. The molecule has 1 aromatic rings. The van der Waals surface area contributed by atoms with E-state index >= 15 is 0 Å². The van der Waals surface area contributed by atoms with Gasteiger partial charge in [-0.25, -0.2) is 4.99 Å². The number of carbonyl (C=O) groups is 1. The van der Waals surface area contributed by atoms with Crippen LogP contribution in [0.15, 0.2) is 23.2 Å². The molecule has 1 heterocycles. The van der Waals surface area contributed by atoms with E-state index in [1.807, 2.05) is 6.92 Å². The molecular weight excluding hydrogens is 373 g/mol. The lowest BCUT2D eigenvalue weighted by Gasteiger charge is -2.22. The Kier molecular flexibility index (Phi) is 5.03. The molecule has 0 N–H and O–H groups in total. The molecule has 2 aliphatic rings. The summed E-state index contributed by atoms with van der Waals surface area (Å²) in [5.41, 5.74) is 0.600. The number of hydrogen-bond donors (Lipinski definition) is 0. The van der Waals surface area contributed by atoms with Crippen LogP contribution in [-0.2, 0) is 4.79 Å².